The fourth-order valence-electron chi connectivity index (χ4n) is 7.23. The van der Waals surface area contributed by atoms with Gasteiger partial charge in [-0.2, -0.15) is 0 Å². The van der Waals surface area contributed by atoms with Gasteiger partial charge < -0.3 is 8.98 Å². The first-order valence-electron chi connectivity index (χ1n) is 15.9. The maximum atomic E-state index is 6.78. The van der Waals surface area contributed by atoms with Crippen molar-refractivity contribution in [3.63, 3.8) is 0 Å². The van der Waals surface area contributed by atoms with E-state index in [4.69, 9.17) is 4.42 Å². The quantitative estimate of drug-likeness (QED) is 0.192. The Labute approximate surface area is 275 Å². The maximum Gasteiger partial charge on any atom is 0.161 e. The van der Waals surface area contributed by atoms with Gasteiger partial charge in [0.1, 0.15) is 11.1 Å². The Morgan fingerprint density at radius 3 is 1.87 bits per heavy atom. The van der Waals surface area contributed by atoms with E-state index < -0.39 is 0 Å². The van der Waals surface area contributed by atoms with Gasteiger partial charge in [-0.25, -0.2) is 0 Å². The molecule has 0 spiro atoms. The van der Waals surface area contributed by atoms with Crippen molar-refractivity contribution in [3.05, 3.63) is 164 Å². The van der Waals surface area contributed by atoms with E-state index in [1.807, 2.05) is 11.3 Å². The van der Waals surface area contributed by atoms with Crippen molar-refractivity contribution in [1.82, 2.24) is 4.57 Å². The second-order valence-electron chi connectivity index (χ2n) is 12.1. The predicted molar refractivity (Wildman–Crippen MR) is 200 cm³/mol. The number of furan rings is 1. The Kier molecular flexibility index (Phi) is 5.78. The molecule has 0 radical (unpaired) electrons. The molecule has 7 aromatic carbocycles. The van der Waals surface area contributed by atoms with Gasteiger partial charge in [0, 0.05) is 42.2 Å². The number of hydrogen-bond acceptors (Lipinski definition) is 2. The van der Waals surface area contributed by atoms with Gasteiger partial charge in [0.05, 0.1) is 5.52 Å². The largest absolute Gasteiger partial charge is 0.453 e. The number of para-hydroxylation sites is 3. The van der Waals surface area contributed by atoms with E-state index in [1.54, 1.807) is 0 Å². The van der Waals surface area contributed by atoms with Gasteiger partial charge in [0.2, 0.25) is 0 Å². The van der Waals surface area contributed by atoms with Gasteiger partial charge >= 0.3 is 0 Å². The molecule has 3 heterocycles. The molecule has 220 valence electrons. The number of rotatable bonds is 4. The molecule has 0 fully saturated rings. The van der Waals surface area contributed by atoms with Gasteiger partial charge in [-0.05, 0) is 70.3 Å². The highest BCUT2D eigenvalue weighted by molar-refractivity contribution is 7.26. The monoisotopic (exact) mass is 617 g/mol. The fraction of sp³-hybridized carbons (Fsp3) is 0. The van der Waals surface area contributed by atoms with Crippen LogP contribution in [0.5, 0.6) is 0 Å². The van der Waals surface area contributed by atoms with Crippen molar-refractivity contribution >= 4 is 64.5 Å². The van der Waals surface area contributed by atoms with Crippen molar-refractivity contribution in [2.75, 3.05) is 0 Å². The summed E-state index contributed by atoms with van der Waals surface area (Å²) >= 11 is 1.88. The predicted octanol–water partition coefficient (Wildman–Crippen LogP) is 12.9. The third-order valence-electron chi connectivity index (χ3n) is 9.43. The number of benzene rings is 7. The third-order valence-corrected chi connectivity index (χ3v) is 10.6. The van der Waals surface area contributed by atoms with Crippen LogP contribution in [0.4, 0.5) is 0 Å². The lowest BCUT2D eigenvalue weighted by Gasteiger charge is -2.09. The molecule has 3 aromatic heterocycles. The van der Waals surface area contributed by atoms with Crippen LogP contribution in [-0.4, -0.2) is 4.57 Å². The fourth-order valence-corrected chi connectivity index (χ4v) is 8.45. The topological polar surface area (TPSA) is 18.1 Å². The first-order valence-corrected chi connectivity index (χ1v) is 16.7. The van der Waals surface area contributed by atoms with Crippen LogP contribution < -0.4 is 0 Å². The summed E-state index contributed by atoms with van der Waals surface area (Å²) in [5.74, 6) is 0. The second kappa shape index (κ2) is 10.3. The van der Waals surface area contributed by atoms with Crippen LogP contribution in [0.3, 0.4) is 0 Å². The van der Waals surface area contributed by atoms with Crippen LogP contribution in [0, 0.1) is 0 Å². The zero-order valence-electron chi connectivity index (χ0n) is 25.4. The summed E-state index contributed by atoms with van der Waals surface area (Å²) in [6.07, 6.45) is 0. The molecule has 10 rings (SSSR count). The normalized spacial score (nSPS) is 11.8. The number of thiophene rings is 1. The van der Waals surface area contributed by atoms with Crippen molar-refractivity contribution < 1.29 is 4.42 Å². The van der Waals surface area contributed by atoms with Crippen LogP contribution in [0.15, 0.2) is 168 Å². The zero-order chi connectivity index (χ0) is 30.9. The SMILES string of the molecule is c1ccc(-c2ccc3sc4c(-c5ccc(-c6cccc7c6oc6c8ccccc8n(-c8ccccc8)c76)cc5)cccc4c3c2)cc1. The van der Waals surface area contributed by atoms with Crippen LogP contribution in [0.1, 0.15) is 0 Å². The Bertz CT molecular complexity index is 2770. The first kappa shape index (κ1) is 26.3. The molecule has 0 bridgehead atoms. The van der Waals surface area contributed by atoms with E-state index in [0.717, 1.165) is 49.8 Å². The molecule has 0 saturated heterocycles. The molecular formula is C44H27NOS. The number of fused-ring (bicyclic) bond motifs is 8. The van der Waals surface area contributed by atoms with E-state index in [2.05, 4.69) is 168 Å². The van der Waals surface area contributed by atoms with Crippen LogP contribution >= 0.6 is 11.3 Å². The van der Waals surface area contributed by atoms with Gasteiger partial charge in [-0.1, -0.05) is 121 Å². The van der Waals surface area contributed by atoms with E-state index in [-0.39, 0.29) is 0 Å². The lowest BCUT2D eigenvalue weighted by molar-refractivity contribution is 0.674. The lowest BCUT2D eigenvalue weighted by Crippen LogP contribution is -1.92. The van der Waals surface area contributed by atoms with Crippen LogP contribution in [0.2, 0.25) is 0 Å². The van der Waals surface area contributed by atoms with E-state index in [0.29, 0.717) is 0 Å². The van der Waals surface area contributed by atoms with Crippen LogP contribution in [-0.2, 0) is 0 Å². The molecule has 3 heteroatoms. The highest BCUT2D eigenvalue weighted by atomic mass is 32.1. The minimum absolute atomic E-state index is 0.918. The molecule has 0 unspecified atom stereocenters. The minimum Gasteiger partial charge on any atom is -0.453 e. The Morgan fingerprint density at radius 1 is 0.426 bits per heavy atom. The highest BCUT2D eigenvalue weighted by Gasteiger charge is 2.21. The zero-order valence-corrected chi connectivity index (χ0v) is 26.2. The van der Waals surface area contributed by atoms with Crippen molar-refractivity contribution in [2.45, 2.75) is 0 Å². The summed E-state index contributed by atoms with van der Waals surface area (Å²) in [7, 11) is 0. The second-order valence-corrected chi connectivity index (χ2v) is 13.1. The Balaban J connectivity index is 1.09. The molecule has 0 aliphatic carbocycles. The number of nitrogens with zero attached hydrogens (tertiary/aromatic N) is 1. The molecule has 47 heavy (non-hydrogen) atoms. The Hall–Kier alpha value is -5.90. The molecule has 0 N–H and O–H groups in total. The van der Waals surface area contributed by atoms with Crippen molar-refractivity contribution in [2.24, 2.45) is 0 Å². The summed E-state index contributed by atoms with van der Waals surface area (Å²) in [5, 5.41) is 4.86. The summed E-state index contributed by atoms with van der Waals surface area (Å²) in [6, 6.07) is 58.7. The smallest absolute Gasteiger partial charge is 0.161 e. The molecule has 10 aromatic rings. The molecule has 0 aliphatic rings. The van der Waals surface area contributed by atoms with Gasteiger partial charge in [0.25, 0.3) is 0 Å². The van der Waals surface area contributed by atoms with Crippen molar-refractivity contribution in [1.29, 1.82) is 0 Å². The molecule has 0 saturated carbocycles. The van der Waals surface area contributed by atoms with Crippen molar-refractivity contribution in [3.8, 4) is 39.1 Å². The Morgan fingerprint density at radius 2 is 1.06 bits per heavy atom. The van der Waals surface area contributed by atoms with E-state index >= 15 is 0 Å². The number of hydrogen-bond donors (Lipinski definition) is 0. The molecule has 0 atom stereocenters. The summed E-state index contributed by atoms with van der Waals surface area (Å²) in [6.45, 7) is 0. The molecule has 2 nitrogen and oxygen atoms in total. The minimum atomic E-state index is 0.918. The molecule has 0 aliphatic heterocycles. The van der Waals surface area contributed by atoms with E-state index in [9.17, 15) is 0 Å². The standard InChI is InChI=1S/C44H27NOS/c1-3-11-28(12-4-1)31-25-26-40-38(27-31)35-18-10-17-34(44(35)47-40)30-23-21-29(22-24-30)33-16-9-19-37-41-43(46-42(33)37)36-15-7-8-20-39(36)45(41)32-13-5-2-6-14-32/h1-27H. The molecule has 0 amide bonds. The lowest BCUT2D eigenvalue weighted by atomic mass is 9.97. The third kappa shape index (κ3) is 4.04. The average molecular weight is 618 g/mol. The van der Waals surface area contributed by atoms with Crippen LogP contribution in [0.25, 0.3) is 92.2 Å². The number of aromatic nitrogens is 1. The summed E-state index contributed by atoms with van der Waals surface area (Å²) < 4.78 is 11.7. The molecular weight excluding hydrogens is 591 g/mol. The maximum absolute atomic E-state index is 6.78. The van der Waals surface area contributed by atoms with E-state index in [1.165, 1.54) is 42.4 Å². The summed E-state index contributed by atoms with van der Waals surface area (Å²) in [5.41, 5.74) is 12.4. The first-order chi connectivity index (χ1) is 23.3. The summed E-state index contributed by atoms with van der Waals surface area (Å²) in [4.78, 5) is 0. The van der Waals surface area contributed by atoms with Gasteiger partial charge in [-0.15, -0.1) is 11.3 Å². The highest BCUT2D eigenvalue weighted by Crippen LogP contribution is 2.44. The average Bonchev–Trinajstić information content (AvgIpc) is 3.81. The van der Waals surface area contributed by atoms with Gasteiger partial charge in [0.15, 0.2) is 5.58 Å². The van der Waals surface area contributed by atoms with Gasteiger partial charge in [-0.3, -0.25) is 0 Å².